The van der Waals surface area contributed by atoms with Gasteiger partial charge in [0.05, 0.1) is 20.0 Å². The summed E-state index contributed by atoms with van der Waals surface area (Å²) in [4.78, 5) is 6.47. The van der Waals surface area contributed by atoms with Gasteiger partial charge in [-0.2, -0.15) is 0 Å². The molecule has 0 unspecified atom stereocenters. The topological polar surface area (TPSA) is 9.72 Å². The van der Waals surface area contributed by atoms with Crippen molar-refractivity contribution in [3.8, 4) is 0 Å². The molecule has 4 rings (SSSR count). The van der Waals surface area contributed by atoms with Crippen LogP contribution >= 0.6 is 11.6 Å². The lowest BCUT2D eigenvalue weighted by Gasteiger charge is -2.45. The zero-order valence-electron chi connectivity index (χ0n) is 14.5. The molecule has 6 heteroatoms. The largest absolute Gasteiger partial charge is 0.336 e. The lowest BCUT2D eigenvalue weighted by molar-refractivity contribution is 0.604. The van der Waals surface area contributed by atoms with Crippen molar-refractivity contribution in [1.29, 1.82) is 0 Å². The minimum Gasteiger partial charge on any atom is -0.336 e. The average Bonchev–Trinajstić information content (AvgIpc) is 2.69. The quantitative estimate of drug-likeness (QED) is 0.603. The van der Waals surface area contributed by atoms with E-state index in [1.165, 1.54) is 24.3 Å². The van der Waals surface area contributed by atoms with Gasteiger partial charge in [0, 0.05) is 22.1 Å². The zero-order chi connectivity index (χ0) is 18.8. The SMILES string of the molecule is Fc1ccc(N2CN(c3ccc(F)cc3)CN(c3ccc(Cl)cc3)C2)cc1. The van der Waals surface area contributed by atoms with Gasteiger partial charge < -0.3 is 14.7 Å². The second-order valence-corrected chi connectivity index (χ2v) is 6.91. The fourth-order valence-electron chi connectivity index (χ4n) is 3.20. The molecule has 3 nitrogen and oxygen atoms in total. The van der Waals surface area contributed by atoms with Gasteiger partial charge in [-0.1, -0.05) is 11.6 Å². The first-order valence-corrected chi connectivity index (χ1v) is 8.98. The van der Waals surface area contributed by atoms with Crippen molar-refractivity contribution >= 4 is 28.7 Å². The van der Waals surface area contributed by atoms with Crippen LogP contribution in [0.15, 0.2) is 72.8 Å². The van der Waals surface area contributed by atoms with E-state index in [0.29, 0.717) is 25.0 Å². The normalized spacial score (nSPS) is 14.6. The van der Waals surface area contributed by atoms with Crippen molar-refractivity contribution in [2.75, 3.05) is 34.7 Å². The second-order valence-electron chi connectivity index (χ2n) is 6.47. The first-order valence-electron chi connectivity index (χ1n) is 8.60. The second kappa shape index (κ2) is 7.45. The molecule has 1 fully saturated rings. The third-order valence-corrected chi connectivity index (χ3v) is 4.85. The Morgan fingerprint density at radius 2 is 0.815 bits per heavy atom. The highest BCUT2D eigenvalue weighted by atomic mass is 35.5. The van der Waals surface area contributed by atoms with Crippen LogP contribution in [-0.2, 0) is 0 Å². The molecule has 1 heterocycles. The molecule has 0 radical (unpaired) electrons. The summed E-state index contributed by atoms with van der Waals surface area (Å²) in [7, 11) is 0. The summed E-state index contributed by atoms with van der Waals surface area (Å²) in [6.07, 6.45) is 0. The highest BCUT2D eigenvalue weighted by Gasteiger charge is 2.24. The summed E-state index contributed by atoms with van der Waals surface area (Å²) >= 11 is 6.02. The lowest BCUT2D eigenvalue weighted by Crippen LogP contribution is -2.55. The van der Waals surface area contributed by atoms with E-state index in [4.69, 9.17) is 11.6 Å². The molecule has 3 aromatic rings. The Balaban J connectivity index is 1.66. The van der Waals surface area contributed by atoms with Gasteiger partial charge in [0.1, 0.15) is 11.6 Å². The maximum absolute atomic E-state index is 13.3. The highest BCUT2D eigenvalue weighted by molar-refractivity contribution is 6.30. The van der Waals surface area contributed by atoms with Gasteiger partial charge in [-0.15, -0.1) is 0 Å². The molecule has 0 saturated carbocycles. The van der Waals surface area contributed by atoms with Gasteiger partial charge in [0.2, 0.25) is 0 Å². The van der Waals surface area contributed by atoms with E-state index in [0.717, 1.165) is 17.1 Å². The van der Waals surface area contributed by atoms with Gasteiger partial charge in [-0.05, 0) is 72.8 Å². The maximum atomic E-state index is 13.3. The van der Waals surface area contributed by atoms with Crippen LogP contribution in [0.4, 0.5) is 25.8 Å². The first kappa shape index (κ1) is 17.6. The zero-order valence-corrected chi connectivity index (χ0v) is 15.3. The fraction of sp³-hybridized carbons (Fsp3) is 0.143. The summed E-state index contributed by atoms with van der Waals surface area (Å²) in [6, 6.07) is 20.6. The Labute approximate surface area is 162 Å². The third kappa shape index (κ3) is 3.98. The van der Waals surface area contributed by atoms with Crippen LogP contribution in [-0.4, -0.2) is 20.0 Å². The molecular formula is C21H18ClF2N3. The van der Waals surface area contributed by atoms with Gasteiger partial charge in [0.15, 0.2) is 0 Å². The Morgan fingerprint density at radius 1 is 0.519 bits per heavy atom. The Bertz CT molecular complexity index is 770. The van der Waals surface area contributed by atoms with E-state index in [1.54, 1.807) is 24.3 Å². The summed E-state index contributed by atoms with van der Waals surface area (Å²) in [5, 5.41) is 0.682. The van der Waals surface area contributed by atoms with Crippen molar-refractivity contribution < 1.29 is 8.78 Å². The smallest absolute Gasteiger partial charge is 0.123 e. The molecule has 0 spiro atoms. The molecule has 0 atom stereocenters. The van der Waals surface area contributed by atoms with Gasteiger partial charge in [0.25, 0.3) is 0 Å². The van der Waals surface area contributed by atoms with Gasteiger partial charge in [-0.25, -0.2) is 8.78 Å². The van der Waals surface area contributed by atoms with Crippen molar-refractivity contribution in [2.45, 2.75) is 0 Å². The average molecular weight is 386 g/mol. The molecule has 0 N–H and O–H groups in total. The van der Waals surface area contributed by atoms with Crippen LogP contribution in [0.1, 0.15) is 0 Å². The molecule has 3 aromatic carbocycles. The Hall–Kier alpha value is -2.79. The van der Waals surface area contributed by atoms with Crippen LogP contribution in [0.25, 0.3) is 0 Å². The molecular weight excluding hydrogens is 368 g/mol. The van der Waals surface area contributed by atoms with E-state index >= 15 is 0 Å². The summed E-state index contributed by atoms with van der Waals surface area (Å²) in [6.45, 7) is 1.90. The van der Waals surface area contributed by atoms with E-state index in [-0.39, 0.29) is 11.6 Å². The van der Waals surface area contributed by atoms with Crippen molar-refractivity contribution in [3.63, 3.8) is 0 Å². The lowest BCUT2D eigenvalue weighted by atomic mass is 10.2. The number of hydrogen-bond donors (Lipinski definition) is 0. The van der Waals surface area contributed by atoms with E-state index in [1.807, 2.05) is 24.3 Å². The van der Waals surface area contributed by atoms with E-state index < -0.39 is 0 Å². The maximum Gasteiger partial charge on any atom is 0.123 e. The fourth-order valence-corrected chi connectivity index (χ4v) is 3.32. The molecule has 0 bridgehead atoms. The number of benzene rings is 3. The minimum absolute atomic E-state index is 0.263. The van der Waals surface area contributed by atoms with Crippen LogP contribution in [0.2, 0.25) is 5.02 Å². The number of hydrogen-bond acceptors (Lipinski definition) is 3. The number of rotatable bonds is 3. The summed E-state index contributed by atoms with van der Waals surface area (Å²) in [5.74, 6) is -0.526. The monoisotopic (exact) mass is 385 g/mol. The third-order valence-electron chi connectivity index (χ3n) is 4.60. The van der Waals surface area contributed by atoms with E-state index in [9.17, 15) is 8.78 Å². The van der Waals surface area contributed by atoms with Gasteiger partial charge in [-0.3, -0.25) is 0 Å². The number of halogens is 3. The van der Waals surface area contributed by atoms with Crippen LogP contribution in [0.3, 0.4) is 0 Å². The number of nitrogens with zero attached hydrogens (tertiary/aromatic N) is 3. The molecule has 138 valence electrons. The van der Waals surface area contributed by atoms with Crippen molar-refractivity contribution in [2.24, 2.45) is 0 Å². The Morgan fingerprint density at radius 3 is 1.15 bits per heavy atom. The van der Waals surface area contributed by atoms with Crippen LogP contribution in [0, 0.1) is 11.6 Å². The minimum atomic E-state index is -0.263. The Kier molecular flexibility index (Phi) is 4.86. The molecule has 1 aliphatic rings. The molecule has 27 heavy (non-hydrogen) atoms. The molecule has 0 amide bonds. The molecule has 1 saturated heterocycles. The number of anilines is 3. The predicted octanol–water partition coefficient (Wildman–Crippen LogP) is 5.32. The molecule has 1 aliphatic heterocycles. The van der Waals surface area contributed by atoms with Crippen molar-refractivity contribution in [1.82, 2.24) is 0 Å². The standard InChI is InChI=1S/C21H18ClF2N3/c22-16-1-7-19(8-2-16)25-13-26(20-9-3-17(23)4-10-20)15-27(14-25)21-11-5-18(24)6-12-21/h1-12H,13-15H2. The first-order chi connectivity index (χ1) is 13.1. The summed E-state index contributed by atoms with van der Waals surface area (Å²) in [5.41, 5.74) is 2.86. The van der Waals surface area contributed by atoms with Crippen LogP contribution < -0.4 is 14.7 Å². The predicted molar refractivity (Wildman–Crippen MR) is 106 cm³/mol. The van der Waals surface area contributed by atoms with Crippen molar-refractivity contribution in [3.05, 3.63) is 89.5 Å². The molecule has 0 aromatic heterocycles. The highest BCUT2D eigenvalue weighted by Crippen LogP contribution is 2.27. The van der Waals surface area contributed by atoms with Gasteiger partial charge >= 0.3 is 0 Å². The summed E-state index contributed by atoms with van der Waals surface area (Å²) < 4.78 is 26.7. The molecule has 0 aliphatic carbocycles. The van der Waals surface area contributed by atoms with E-state index in [2.05, 4.69) is 14.7 Å². The van der Waals surface area contributed by atoms with Crippen LogP contribution in [0.5, 0.6) is 0 Å².